The SMILES string of the molecule is Cc1cc(C(=O)N[C@H](C)[C@H]2CCCO2)cc(C)c1OCc1cccnc1. The van der Waals surface area contributed by atoms with Crippen molar-refractivity contribution in [3.63, 3.8) is 0 Å². The summed E-state index contributed by atoms with van der Waals surface area (Å²) in [5, 5.41) is 3.06. The van der Waals surface area contributed by atoms with E-state index in [1.807, 2.05) is 45.0 Å². The van der Waals surface area contributed by atoms with Crippen LogP contribution in [-0.4, -0.2) is 29.6 Å². The molecule has 2 aromatic rings. The molecule has 26 heavy (non-hydrogen) atoms. The molecule has 2 heterocycles. The Morgan fingerprint density at radius 1 is 1.38 bits per heavy atom. The van der Waals surface area contributed by atoms with Gasteiger partial charge in [0.25, 0.3) is 5.91 Å². The lowest BCUT2D eigenvalue weighted by Gasteiger charge is -2.20. The number of aryl methyl sites for hydroxylation is 2. The first-order valence-electron chi connectivity index (χ1n) is 9.10. The molecule has 1 aromatic carbocycles. The van der Waals surface area contributed by atoms with Crippen molar-refractivity contribution in [1.29, 1.82) is 0 Å². The minimum Gasteiger partial charge on any atom is -0.488 e. The Bertz CT molecular complexity index is 732. The predicted octanol–water partition coefficient (Wildman–Crippen LogP) is 3.57. The molecule has 0 unspecified atom stereocenters. The van der Waals surface area contributed by atoms with Gasteiger partial charge in [0.15, 0.2) is 0 Å². The van der Waals surface area contributed by atoms with Crippen LogP contribution >= 0.6 is 0 Å². The van der Waals surface area contributed by atoms with Gasteiger partial charge in [-0.15, -0.1) is 0 Å². The molecule has 1 saturated heterocycles. The molecule has 3 rings (SSSR count). The van der Waals surface area contributed by atoms with Gasteiger partial charge < -0.3 is 14.8 Å². The molecule has 5 nitrogen and oxygen atoms in total. The average molecular weight is 354 g/mol. The van der Waals surface area contributed by atoms with Gasteiger partial charge in [0, 0.05) is 30.1 Å². The molecular weight excluding hydrogens is 328 g/mol. The second kappa shape index (κ2) is 8.32. The molecule has 0 spiro atoms. The van der Waals surface area contributed by atoms with Crippen LogP contribution in [0.1, 0.15) is 46.8 Å². The second-order valence-electron chi connectivity index (χ2n) is 6.90. The van der Waals surface area contributed by atoms with E-state index in [9.17, 15) is 4.79 Å². The van der Waals surface area contributed by atoms with E-state index in [0.29, 0.717) is 12.2 Å². The van der Waals surface area contributed by atoms with Gasteiger partial charge in [0.05, 0.1) is 12.1 Å². The number of nitrogens with one attached hydrogen (secondary N) is 1. The fourth-order valence-corrected chi connectivity index (χ4v) is 3.33. The molecule has 2 atom stereocenters. The number of ether oxygens (including phenoxy) is 2. The molecule has 1 N–H and O–H groups in total. The summed E-state index contributed by atoms with van der Waals surface area (Å²) < 4.78 is 11.6. The Morgan fingerprint density at radius 3 is 2.77 bits per heavy atom. The topological polar surface area (TPSA) is 60.5 Å². The van der Waals surface area contributed by atoms with Crippen LogP contribution in [0.5, 0.6) is 5.75 Å². The molecule has 0 saturated carbocycles. The number of carbonyl (C=O) groups excluding carboxylic acids is 1. The zero-order valence-electron chi connectivity index (χ0n) is 15.6. The van der Waals surface area contributed by atoms with Crippen molar-refractivity contribution in [2.24, 2.45) is 0 Å². The van der Waals surface area contributed by atoms with Crippen molar-refractivity contribution in [2.45, 2.75) is 52.4 Å². The molecule has 1 amide bonds. The molecule has 0 aliphatic carbocycles. The lowest BCUT2D eigenvalue weighted by molar-refractivity contribution is 0.0712. The Morgan fingerprint density at radius 2 is 2.15 bits per heavy atom. The summed E-state index contributed by atoms with van der Waals surface area (Å²) in [6, 6.07) is 7.63. The van der Waals surface area contributed by atoms with Gasteiger partial charge in [-0.1, -0.05) is 6.07 Å². The monoisotopic (exact) mass is 354 g/mol. The summed E-state index contributed by atoms with van der Waals surface area (Å²) in [6.07, 6.45) is 5.71. The Labute approximate surface area is 154 Å². The largest absolute Gasteiger partial charge is 0.488 e. The fraction of sp³-hybridized carbons (Fsp3) is 0.429. The fourth-order valence-electron chi connectivity index (χ4n) is 3.33. The maximum atomic E-state index is 12.6. The van der Waals surface area contributed by atoms with Crippen molar-refractivity contribution >= 4 is 5.91 Å². The molecule has 1 aromatic heterocycles. The number of aromatic nitrogens is 1. The predicted molar refractivity (Wildman–Crippen MR) is 100 cm³/mol. The summed E-state index contributed by atoms with van der Waals surface area (Å²) in [5.74, 6) is 0.746. The number of rotatable bonds is 6. The minimum atomic E-state index is -0.0713. The van der Waals surface area contributed by atoms with Crippen molar-refractivity contribution in [3.8, 4) is 5.75 Å². The first-order chi connectivity index (χ1) is 12.5. The van der Waals surface area contributed by atoms with Gasteiger partial charge in [0.1, 0.15) is 12.4 Å². The van der Waals surface area contributed by atoms with Gasteiger partial charge in [0.2, 0.25) is 0 Å². The zero-order valence-corrected chi connectivity index (χ0v) is 15.6. The van der Waals surface area contributed by atoms with Crippen LogP contribution in [0.25, 0.3) is 0 Å². The summed E-state index contributed by atoms with van der Waals surface area (Å²) in [7, 11) is 0. The quantitative estimate of drug-likeness (QED) is 0.861. The Hall–Kier alpha value is -2.40. The third-order valence-electron chi connectivity index (χ3n) is 4.71. The normalized spacial score (nSPS) is 17.7. The van der Waals surface area contributed by atoms with Crippen LogP contribution in [0.3, 0.4) is 0 Å². The molecule has 1 fully saturated rings. The van der Waals surface area contributed by atoms with Crippen LogP contribution < -0.4 is 10.1 Å². The maximum Gasteiger partial charge on any atom is 0.251 e. The number of nitrogens with zero attached hydrogens (tertiary/aromatic N) is 1. The minimum absolute atomic E-state index is 0.00659. The van der Waals surface area contributed by atoms with E-state index in [1.54, 1.807) is 12.4 Å². The lowest BCUT2D eigenvalue weighted by Crippen LogP contribution is -2.40. The van der Waals surface area contributed by atoms with Crippen LogP contribution in [-0.2, 0) is 11.3 Å². The van der Waals surface area contributed by atoms with Gasteiger partial charge in [-0.05, 0) is 62.9 Å². The average Bonchev–Trinajstić information content (AvgIpc) is 3.16. The highest BCUT2D eigenvalue weighted by atomic mass is 16.5. The highest BCUT2D eigenvalue weighted by Gasteiger charge is 2.24. The van der Waals surface area contributed by atoms with E-state index < -0.39 is 0 Å². The number of benzene rings is 1. The number of hydrogen-bond acceptors (Lipinski definition) is 4. The van der Waals surface area contributed by atoms with Gasteiger partial charge in [-0.2, -0.15) is 0 Å². The Balaban J connectivity index is 1.66. The standard InChI is InChI=1S/C21H26N2O3/c1-14-10-18(21(24)23-16(3)19-7-5-9-25-19)11-15(2)20(14)26-13-17-6-4-8-22-12-17/h4,6,8,10-12,16,19H,5,7,9,13H2,1-3H3,(H,23,24)/t16-,19-/m1/s1. The zero-order chi connectivity index (χ0) is 18.5. The van der Waals surface area contributed by atoms with E-state index in [2.05, 4.69) is 10.3 Å². The van der Waals surface area contributed by atoms with Crippen molar-refractivity contribution in [1.82, 2.24) is 10.3 Å². The first kappa shape index (κ1) is 18.4. The van der Waals surface area contributed by atoms with Crippen LogP contribution in [0.15, 0.2) is 36.7 Å². The highest BCUT2D eigenvalue weighted by molar-refractivity contribution is 5.95. The number of pyridine rings is 1. The highest BCUT2D eigenvalue weighted by Crippen LogP contribution is 2.26. The Kier molecular flexibility index (Phi) is 5.89. The van der Waals surface area contributed by atoms with Crippen molar-refractivity contribution in [2.75, 3.05) is 6.61 Å². The molecule has 1 aliphatic rings. The summed E-state index contributed by atoms with van der Waals surface area (Å²) >= 11 is 0. The lowest BCUT2D eigenvalue weighted by atomic mass is 10.0. The van der Waals surface area contributed by atoms with E-state index in [4.69, 9.17) is 9.47 Å². The van der Waals surface area contributed by atoms with E-state index in [-0.39, 0.29) is 18.1 Å². The smallest absolute Gasteiger partial charge is 0.251 e. The number of amides is 1. The molecule has 1 aliphatic heterocycles. The number of carbonyl (C=O) groups is 1. The van der Waals surface area contributed by atoms with E-state index in [0.717, 1.165) is 41.9 Å². The van der Waals surface area contributed by atoms with Crippen molar-refractivity contribution < 1.29 is 14.3 Å². The summed E-state index contributed by atoms with van der Waals surface area (Å²) in [6.45, 7) is 7.17. The summed E-state index contributed by atoms with van der Waals surface area (Å²) in [4.78, 5) is 16.7. The third-order valence-corrected chi connectivity index (χ3v) is 4.71. The molecule has 0 radical (unpaired) electrons. The molecular formula is C21H26N2O3. The summed E-state index contributed by atoms with van der Waals surface area (Å²) in [5.41, 5.74) is 3.56. The first-order valence-corrected chi connectivity index (χ1v) is 9.10. The van der Waals surface area contributed by atoms with Gasteiger partial charge in [-0.3, -0.25) is 9.78 Å². The van der Waals surface area contributed by atoms with Crippen LogP contribution in [0.4, 0.5) is 0 Å². The van der Waals surface area contributed by atoms with E-state index in [1.165, 1.54) is 0 Å². The molecule has 5 heteroatoms. The molecule has 0 bridgehead atoms. The maximum absolute atomic E-state index is 12.6. The van der Waals surface area contributed by atoms with E-state index >= 15 is 0 Å². The van der Waals surface area contributed by atoms with Gasteiger partial charge in [-0.25, -0.2) is 0 Å². The van der Waals surface area contributed by atoms with Gasteiger partial charge >= 0.3 is 0 Å². The van der Waals surface area contributed by atoms with Crippen LogP contribution in [0, 0.1) is 13.8 Å². The third kappa shape index (κ3) is 4.41. The van der Waals surface area contributed by atoms with Crippen molar-refractivity contribution in [3.05, 3.63) is 58.9 Å². The second-order valence-corrected chi connectivity index (χ2v) is 6.90. The number of hydrogen-bond donors (Lipinski definition) is 1. The van der Waals surface area contributed by atoms with Crippen LogP contribution in [0.2, 0.25) is 0 Å². The molecule has 138 valence electrons.